The molecule has 0 unspecified atom stereocenters. The lowest BCUT2D eigenvalue weighted by Crippen LogP contribution is -2.26. The van der Waals surface area contributed by atoms with Crippen LogP contribution in [0.3, 0.4) is 0 Å². The van der Waals surface area contributed by atoms with E-state index in [0.717, 1.165) is 11.1 Å². The average Bonchev–Trinajstić information content (AvgIpc) is 3.49. The second-order valence-corrected chi connectivity index (χ2v) is 11.0. The Morgan fingerprint density at radius 2 is 1.83 bits per heavy atom. The molecule has 0 saturated carbocycles. The molecule has 214 valence electrons. The number of aryl methyl sites for hydroxylation is 3. The number of aromatic nitrogens is 4. The quantitative estimate of drug-likeness (QED) is 0.251. The highest BCUT2D eigenvalue weighted by Gasteiger charge is 2.24. The predicted octanol–water partition coefficient (Wildman–Crippen LogP) is 4.82. The van der Waals surface area contributed by atoms with Crippen LogP contribution < -0.4 is 20.3 Å². The summed E-state index contributed by atoms with van der Waals surface area (Å²) in [4.78, 5) is 28.9. The van der Waals surface area contributed by atoms with Crippen LogP contribution in [-0.2, 0) is 13.6 Å². The second kappa shape index (κ2) is 10.4. The normalized spacial score (nSPS) is 11.8. The number of nitrogens with zero attached hydrogens (tertiary/aromatic N) is 3. The number of methoxy groups -OCH3 is 1. The molecule has 0 spiro atoms. The predicted molar refractivity (Wildman–Crippen MR) is 159 cm³/mol. The van der Waals surface area contributed by atoms with Gasteiger partial charge in [-0.2, -0.15) is 0 Å². The van der Waals surface area contributed by atoms with Gasteiger partial charge in [0.25, 0.3) is 11.5 Å². The van der Waals surface area contributed by atoms with Gasteiger partial charge in [0.2, 0.25) is 5.88 Å². The Kier molecular flexibility index (Phi) is 7.12. The summed E-state index contributed by atoms with van der Waals surface area (Å²) in [5.74, 6) is 1.34. The SMILES string of the molecule is CCNC(=O)c1cc2c(-c3cc4c(cc3Oc3c(C)cccc3C)c(OC)nn4CC(C)(C)O)cn(C)c(=O)c2[nH]1. The molecule has 0 fully saturated rings. The molecule has 0 radical (unpaired) electrons. The monoisotopic (exact) mass is 557 g/mol. The van der Waals surface area contributed by atoms with Crippen LogP contribution >= 0.6 is 0 Å². The highest BCUT2D eigenvalue weighted by molar-refractivity contribution is 6.04. The number of pyridine rings is 1. The van der Waals surface area contributed by atoms with Gasteiger partial charge in [-0.3, -0.25) is 14.3 Å². The molecule has 0 bridgehead atoms. The minimum atomic E-state index is -1.04. The van der Waals surface area contributed by atoms with Crippen molar-refractivity contribution in [2.45, 2.75) is 46.8 Å². The zero-order valence-electron chi connectivity index (χ0n) is 24.4. The molecular weight excluding hydrogens is 522 g/mol. The van der Waals surface area contributed by atoms with Crippen molar-refractivity contribution in [3.8, 4) is 28.5 Å². The summed E-state index contributed by atoms with van der Waals surface area (Å²) in [5.41, 5.74) is 3.32. The summed E-state index contributed by atoms with van der Waals surface area (Å²) in [5, 5.41) is 19.3. The lowest BCUT2D eigenvalue weighted by atomic mass is 10.0. The molecule has 3 aromatic heterocycles. The summed E-state index contributed by atoms with van der Waals surface area (Å²) in [6.07, 6.45) is 1.74. The summed E-state index contributed by atoms with van der Waals surface area (Å²) in [7, 11) is 3.22. The minimum Gasteiger partial charge on any atom is -0.479 e. The van der Waals surface area contributed by atoms with E-state index in [4.69, 9.17) is 9.47 Å². The molecule has 10 heteroatoms. The molecule has 0 aliphatic rings. The van der Waals surface area contributed by atoms with E-state index in [0.29, 0.717) is 62.6 Å². The van der Waals surface area contributed by atoms with E-state index >= 15 is 0 Å². The molecule has 5 aromatic rings. The first-order chi connectivity index (χ1) is 19.4. The van der Waals surface area contributed by atoms with Crippen LogP contribution in [0.1, 0.15) is 42.4 Å². The zero-order chi connectivity index (χ0) is 29.6. The van der Waals surface area contributed by atoms with Gasteiger partial charge in [0.05, 0.1) is 30.2 Å². The van der Waals surface area contributed by atoms with Crippen LogP contribution in [0.2, 0.25) is 0 Å². The number of ether oxygens (including phenoxy) is 2. The fraction of sp³-hybridized carbons (Fsp3) is 0.323. The van der Waals surface area contributed by atoms with Crippen molar-refractivity contribution in [2.24, 2.45) is 7.05 Å². The van der Waals surface area contributed by atoms with Crippen molar-refractivity contribution in [3.63, 3.8) is 0 Å². The number of benzene rings is 2. The maximum absolute atomic E-state index is 13.1. The first-order valence-electron chi connectivity index (χ1n) is 13.5. The van der Waals surface area contributed by atoms with Crippen molar-refractivity contribution < 1.29 is 19.4 Å². The minimum absolute atomic E-state index is 0.220. The number of para-hydroxylation sites is 1. The van der Waals surface area contributed by atoms with Gasteiger partial charge in [-0.25, -0.2) is 0 Å². The zero-order valence-corrected chi connectivity index (χ0v) is 24.4. The number of carbonyl (C=O) groups excluding carboxylic acids is 1. The smallest absolute Gasteiger partial charge is 0.274 e. The van der Waals surface area contributed by atoms with Crippen molar-refractivity contribution >= 4 is 27.7 Å². The highest BCUT2D eigenvalue weighted by Crippen LogP contribution is 2.43. The van der Waals surface area contributed by atoms with E-state index in [2.05, 4.69) is 15.4 Å². The Morgan fingerprint density at radius 3 is 2.46 bits per heavy atom. The van der Waals surface area contributed by atoms with Gasteiger partial charge in [-0.05, 0) is 63.9 Å². The molecule has 0 aliphatic carbocycles. The van der Waals surface area contributed by atoms with Gasteiger partial charge < -0.3 is 29.4 Å². The third-order valence-electron chi connectivity index (χ3n) is 7.01. The van der Waals surface area contributed by atoms with E-state index in [-0.39, 0.29) is 18.0 Å². The fourth-order valence-electron chi connectivity index (χ4n) is 5.10. The average molecular weight is 558 g/mol. The maximum Gasteiger partial charge on any atom is 0.274 e. The van der Waals surface area contributed by atoms with E-state index in [1.165, 1.54) is 4.57 Å². The van der Waals surface area contributed by atoms with Crippen LogP contribution in [0.4, 0.5) is 0 Å². The molecule has 41 heavy (non-hydrogen) atoms. The van der Waals surface area contributed by atoms with Crippen molar-refractivity contribution in [1.82, 2.24) is 24.6 Å². The molecule has 0 aliphatic heterocycles. The number of rotatable bonds is 8. The molecule has 10 nitrogen and oxygen atoms in total. The van der Waals surface area contributed by atoms with Gasteiger partial charge in [0.15, 0.2) is 0 Å². The summed E-state index contributed by atoms with van der Waals surface area (Å²) < 4.78 is 15.4. The molecule has 2 aromatic carbocycles. The topological polar surface area (TPSA) is 123 Å². The number of aromatic amines is 1. The first-order valence-corrected chi connectivity index (χ1v) is 13.5. The molecule has 0 atom stereocenters. The number of hydrogen-bond acceptors (Lipinski definition) is 6. The molecule has 3 heterocycles. The fourth-order valence-corrected chi connectivity index (χ4v) is 5.10. The van der Waals surface area contributed by atoms with Gasteiger partial charge >= 0.3 is 0 Å². The Labute approximate surface area is 237 Å². The van der Waals surface area contributed by atoms with Gasteiger partial charge in [0.1, 0.15) is 22.7 Å². The lowest BCUT2D eigenvalue weighted by molar-refractivity contribution is 0.0588. The number of carbonyl (C=O) groups is 1. The number of aliphatic hydroxyl groups is 1. The third kappa shape index (κ3) is 5.18. The number of amides is 1. The molecule has 5 rings (SSSR count). The second-order valence-electron chi connectivity index (χ2n) is 11.0. The largest absolute Gasteiger partial charge is 0.479 e. The van der Waals surface area contributed by atoms with Crippen molar-refractivity contribution in [3.05, 3.63) is 69.8 Å². The number of fused-ring (bicyclic) bond motifs is 2. The van der Waals surface area contributed by atoms with Crippen molar-refractivity contribution in [1.29, 1.82) is 0 Å². The number of nitrogens with one attached hydrogen (secondary N) is 2. The summed E-state index contributed by atoms with van der Waals surface area (Å²) in [6, 6.07) is 11.4. The van der Waals surface area contributed by atoms with Crippen LogP contribution in [0.15, 0.2) is 47.4 Å². The van der Waals surface area contributed by atoms with Crippen LogP contribution in [-0.4, -0.2) is 49.6 Å². The summed E-state index contributed by atoms with van der Waals surface area (Å²) >= 11 is 0. The van der Waals surface area contributed by atoms with Crippen LogP contribution in [0, 0.1) is 13.8 Å². The molecule has 0 saturated heterocycles. The van der Waals surface area contributed by atoms with Gasteiger partial charge in [0, 0.05) is 36.3 Å². The van der Waals surface area contributed by atoms with Crippen molar-refractivity contribution in [2.75, 3.05) is 13.7 Å². The van der Waals surface area contributed by atoms with Gasteiger partial charge in [-0.15, -0.1) is 5.10 Å². The Hall–Kier alpha value is -4.57. The molecule has 3 N–H and O–H groups in total. The lowest BCUT2D eigenvalue weighted by Gasteiger charge is -2.19. The highest BCUT2D eigenvalue weighted by atomic mass is 16.5. The standard InChI is InChI=1S/C31H35N5O5/c1-8-32-28(37)23-12-20-22(15-35(6)30(38)26(20)33-23)19-13-24-21(29(40-7)34-36(24)16-31(4,5)39)14-25(19)41-27-17(2)10-9-11-18(27)3/h9-15,33,39H,8,16H2,1-7H3,(H,32,37). The maximum atomic E-state index is 13.1. The Morgan fingerprint density at radius 1 is 1.12 bits per heavy atom. The Bertz CT molecular complexity index is 1840. The number of hydrogen-bond donors (Lipinski definition) is 3. The first kappa shape index (κ1) is 28.0. The van der Waals surface area contributed by atoms with E-state index < -0.39 is 5.60 Å². The van der Waals surface area contributed by atoms with E-state index in [9.17, 15) is 14.7 Å². The molecule has 1 amide bonds. The van der Waals surface area contributed by atoms with E-state index in [1.54, 1.807) is 44.9 Å². The van der Waals surface area contributed by atoms with Crippen LogP contribution in [0.5, 0.6) is 17.4 Å². The molecular formula is C31H35N5O5. The third-order valence-corrected chi connectivity index (χ3v) is 7.01. The van der Waals surface area contributed by atoms with E-state index in [1.807, 2.05) is 51.1 Å². The number of H-pyrrole nitrogens is 1. The van der Waals surface area contributed by atoms with Crippen LogP contribution in [0.25, 0.3) is 32.9 Å². The Balaban J connectivity index is 1.85. The van der Waals surface area contributed by atoms with Gasteiger partial charge in [-0.1, -0.05) is 18.2 Å². The summed E-state index contributed by atoms with van der Waals surface area (Å²) in [6.45, 7) is 9.91.